The van der Waals surface area contributed by atoms with Crippen molar-refractivity contribution in [3.05, 3.63) is 94.8 Å². The highest BCUT2D eigenvalue weighted by Gasteiger charge is 2.31. The third-order valence-corrected chi connectivity index (χ3v) is 5.66. The SMILES string of the molecule is CC(C)c1ccc(CN2CCCn3cccc3[C@H]2c2c(F)cccc2F)cc1. The molecule has 4 rings (SSSR count). The molecule has 2 nitrogen and oxygen atoms in total. The first-order valence-electron chi connectivity index (χ1n) is 9.96. The Bertz CT molecular complexity index is 923. The molecular weight excluding hydrogens is 354 g/mol. The Kier molecular flexibility index (Phi) is 5.31. The highest BCUT2D eigenvalue weighted by atomic mass is 19.1. The van der Waals surface area contributed by atoms with Crippen molar-refractivity contribution in [3.63, 3.8) is 0 Å². The van der Waals surface area contributed by atoms with Crippen LogP contribution in [0, 0.1) is 11.6 Å². The van der Waals surface area contributed by atoms with Gasteiger partial charge in [0, 0.05) is 37.1 Å². The predicted molar refractivity (Wildman–Crippen MR) is 108 cm³/mol. The van der Waals surface area contributed by atoms with Crippen LogP contribution >= 0.6 is 0 Å². The van der Waals surface area contributed by atoms with Gasteiger partial charge < -0.3 is 4.57 Å². The van der Waals surface area contributed by atoms with Crippen LogP contribution in [0.5, 0.6) is 0 Å². The van der Waals surface area contributed by atoms with Crippen molar-refractivity contribution in [1.29, 1.82) is 0 Å². The summed E-state index contributed by atoms with van der Waals surface area (Å²) in [6.07, 6.45) is 2.94. The highest BCUT2D eigenvalue weighted by molar-refractivity contribution is 5.33. The number of nitrogens with zero attached hydrogens (tertiary/aromatic N) is 2. The van der Waals surface area contributed by atoms with E-state index in [4.69, 9.17) is 0 Å². The number of aryl methyl sites for hydroxylation is 1. The number of benzene rings is 2. The molecule has 1 aromatic heterocycles. The van der Waals surface area contributed by atoms with E-state index in [1.165, 1.54) is 23.8 Å². The van der Waals surface area contributed by atoms with E-state index in [9.17, 15) is 8.78 Å². The number of aromatic nitrogens is 1. The minimum absolute atomic E-state index is 0.142. The van der Waals surface area contributed by atoms with Gasteiger partial charge in [-0.05, 0) is 47.7 Å². The first-order valence-corrected chi connectivity index (χ1v) is 9.96. The Morgan fingerprint density at radius 2 is 1.64 bits per heavy atom. The number of hydrogen-bond acceptors (Lipinski definition) is 1. The summed E-state index contributed by atoms with van der Waals surface area (Å²) in [7, 11) is 0. The molecule has 1 aliphatic heterocycles. The van der Waals surface area contributed by atoms with Crippen LogP contribution in [-0.4, -0.2) is 16.0 Å². The van der Waals surface area contributed by atoms with E-state index in [1.54, 1.807) is 0 Å². The summed E-state index contributed by atoms with van der Waals surface area (Å²) in [6, 6.07) is 16.2. The summed E-state index contributed by atoms with van der Waals surface area (Å²) in [4.78, 5) is 2.20. The van der Waals surface area contributed by atoms with Gasteiger partial charge in [0.05, 0.1) is 6.04 Å². The van der Waals surface area contributed by atoms with Crippen molar-refractivity contribution in [2.75, 3.05) is 6.54 Å². The molecule has 0 aliphatic carbocycles. The maximum absolute atomic E-state index is 14.7. The van der Waals surface area contributed by atoms with Gasteiger partial charge in [0.15, 0.2) is 0 Å². The van der Waals surface area contributed by atoms with Crippen LogP contribution in [0.4, 0.5) is 8.78 Å². The minimum Gasteiger partial charge on any atom is -0.350 e. The fourth-order valence-corrected chi connectivity index (χ4v) is 4.15. The fourth-order valence-electron chi connectivity index (χ4n) is 4.15. The monoisotopic (exact) mass is 380 g/mol. The fraction of sp³-hybridized carbons (Fsp3) is 0.333. The Morgan fingerprint density at radius 3 is 2.32 bits per heavy atom. The van der Waals surface area contributed by atoms with Crippen LogP contribution in [0.3, 0.4) is 0 Å². The van der Waals surface area contributed by atoms with Crippen LogP contribution in [-0.2, 0) is 13.1 Å². The maximum Gasteiger partial charge on any atom is 0.131 e. The molecule has 0 N–H and O–H groups in total. The molecule has 1 atom stereocenters. The van der Waals surface area contributed by atoms with Gasteiger partial charge >= 0.3 is 0 Å². The number of hydrogen-bond donors (Lipinski definition) is 0. The Balaban J connectivity index is 1.74. The Labute approximate surface area is 165 Å². The standard InChI is InChI=1S/C24H26F2N2/c1-17(2)19-11-9-18(10-12-19)16-28-15-5-14-27-13-4-8-22(27)24(28)23-20(25)6-3-7-21(23)26/h3-4,6-13,17,24H,5,14-16H2,1-2H3/t24-/m0/s1. The van der Waals surface area contributed by atoms with Gasteiger partial charge in [-0.3, -0.25) is 4.90 Å². The van der Waals surface area contributed by atoms with Crippen LogP contribution in [0.1, 0.15) is 54.6 Å². The summed E-state index contributed by atoms with van der Waals surface area (Å²) in [6.45, 7) is 6.65. The average Bonchev–Trinajstić information content (AvgIpc) is 3.06. The molecule has 0 amide bonds. The highest BCUT2D eigenvalue weighted by Crippen LogP contribution is 2.35. The molecule has 28 heavy (non-hydrogen) atoms. The number of halogens is 2. The van der Waals surface area contributed by atoms with Crippen molar-refractivity contribution in [1.82, 2.24) is 9.47 Å². The van der Waals surface area contributed by atoms with E-state index in [0.717, 1.165) is 30.8 Å². The quantitative estimate of drug-likeness (QED) is 0.548. The van der Waals surface area contributed by atoms with Crippen molar-refractivity contribution in [2.24, 2.45) is 0 Å². The lowest BCUT2D eigenvalue weighted by Crippen LogP contribution is -2.30. The van der Waals surface area contributed by atoms with E-state index in [2.05, 4.69) is 47.6 Å². The third-order valence-electron chi connectivity index (χ3n) is 5.66. The second-order valence-electron chi connectivity index (χ2n) is 7.88. The predicted octanol–water partition coefficient (Wildman–Crippen LogP) is 5.89. The van der Waals surface area contributed by atoms with Crippen LogP contribution in [0.25, 0.3) is 0 Å². The van der Waals surface area contributed by atoms with Gasteiger partial charge in [0.1, 0.15) is 11.6 Å². The molecule has 2 heterocycles. The average molecular weight is 380 g/mol. The summed E-state index contributed by atoms with van der Waals surface area (Å²) in [5.74, 6) is -0.490. The van der Waals surface area contributed by atoms with E-state index in [-0.39, 0.29) is 5.56 Å². The molecule has 3 aromatic rings. The first-order chi connectivity index (χ1) is 13.5. The van der Waals surface area contributed by atoms with Crippen molar-refractivity contribution in [2.45, 2.75) is 45.3 Å². The smallest absolute Gasteiger partial charge is 0.131 e. The topological polar surface area (TPSA) is 8.17 Å². The number of rotatable bonds is 4. The van der Waals surface area contributed by atoms with Crippen LogP contribution in [0.15, 0.2) is 60.8 Å². The zero-order chi connectivity index (χ0) is 19.7. The molecule has 0 bridgehead atoms. The zero-order valence-electron chi connectivity index (χ0n) is 16.4. The molecule has 0 unspecified atom stereocenters. The number of fused-ring (bicyclic) bond motifs is 1. The van der Waals surface area contributed by atoms with Gasteiger partial charge in [-0.1, -0.05) is 44.2 Å². The zero-order valence-corrected chi connectivity index (χ0v) is 16.4. The van der Waals surface area contributed by atoms with Gasteiger partial charge in [0.25, 0.3) is 0 Å². The Hall–Kier alpha value is -2.46. The van der Waals surface area contributed by atoms with Gasteiger partial charge in [-0.25, -0.2) is 8.78 Å². The van der Waals surface area contributed by atoms with Crippen molar-refractivity contribution < 1.29 is 8.78 Å². The molecule has 0 radical (unpaired) electrons. The Morgan fingerprint density at radius 1 is 0.929 bits per heavy atom. The lowest BCUT2D eigenvalue weighted by Gasteiger charge is -2.31. The van der Waals surface area contributed by atoms with Crippen LogP contribution in [0.2, 0.25) is 0 Å². The molecule has 1 aliphatic rings. The second-order valence-corrected chi connectivity index (χ2v) is 7.88. The minimum atomic E-state index is -0.486. The van der Waals surface area contributed by atoms with Crippen LogP contribution < -0.4 is 0 Å². The molecule has 0 saturated carbocycles. The lowest BCUT2D eigenvalue weighted by atomic mass is 9.98. The summed E-state index contributed by atoms with van der Waals surface area (Å²) in [5, 5.41) is 0. The van der Waals surface area contributed by atoms with Gasteiger partial charge in [-0.2, -0.15) is 0 Å². The third kappa shape index (κ3) is 3.61. The van der Waals surface area contributed by atoms with Crippen molar-refractivity contribution in [3.8, 4) is 0 Å². The molecule has 0 saturated heterocycles. The maximum atomic E-state index is 14.7. The molecule has 146 valence electrons. The largest absolute Gasteiger partial charge is 0.350 e. The van der Waals surface area contributed by atoms with Gasteiger partial charge in [-0.15, -0.1) is 0 Å². The molecule has 2 aromatic carbocycles. The summed E-state index contributed by atoms with van der Waals surface area (Å²) in [5.41, 5.74) is 3.54. The molecule has 0 spiro atoms. The second kappa shape index (κ2) is 7.88. The molecule has 4 heteroatoms. The van der Waals surface area contributed by atoms with E-state index in [0.29, 0.717) is 12.5 Å². The van der Waals surface area contributed by atoms with E-state index in [1.807, 2.05) is 18.3 Å². The summed E-state index contributed by atoms with van der Waals surface area (Å²) < 4.78 is 31.6. The molecule has 0 fully saturated rings. The lowest BCUT2D eigenvalue weighted by molar-refractivity contribution is 0.212. The molecular formula is C24H26F2N2. The van der Waals surface area contributed by atoms with E-state index >= 15 is 0 Å². The van der Waals surface area contributed by atoms with Crippen molar-refractivity contribution >= 4 is 0 Å². The normalized spacial score (nSPS) is 17.5. The van der Waals surface area contributed by atoms with E-state index < -0.39 is 17.7 Å². The first kappa shape index (κ1) is 18.9. The summed E-state index contributed by atoms with van der Waals surface area (Å²) >= 11 is 0. The van der Waals surface area contributed by atoms with Gasteiger partial charge in [0.2, 0.25) is 0 Å².